The topological polar surface area (TPSA) is 50.5 Å². The van der Waals surface area contributed by atoms with Gasteiger partial charge in [-0.15, -0.1) is 0 Å². The molecule has 0 aromatic carbocycles. The number of oxazole rings is 1. The molecule has 0 saturated carbocycles. The quantitative estimate of drug-likeness (QED) is 0.906. The van der Waals surface area contributed by atoms with Gasteiger partial charge in [-0.05, 0) is 33.6 Å². The summed E-state index contributed by atoms with van der Waals surface area (Å²) in [6.07, 6.45) is 4.20. The maximum absolute atomic E-state index is 5.57. The van der Waals surface area contributed by atoms with E-state index in [1.54, 1.807) is 13.4 Å². The van der Waals surface area contributed by atoms with Crippen LogP contribution in [0.15, 0.2) is 10.7 Å². The summed E-state index contributed by atoms with van der Waals surface area (Å²) in [5, 5.41) is 3.41. The maximum atomic E-state index is 5.57. The van der Waals surface area contributed by atoms with Crippen molar-refractivity contribution in [3.63, 3.8) is 0 Å². The Morgan fingerprint density at radius 1 is 1.42 bits per heavy atom. The molecule has 19 heavy (non-hydrogen) atoms. The van der Waals surface area contributed by atoms with E-state index in [-0.39, 0.29) is 5.54 Å². The molecule has 1 saturated heterocycles. The fourth-order valence-electron chi connectivity index (χ4n) is 2.16. The van der Waals surface area contributed by atoms with Crippen molar-refractivity contribution in [1.82, 2.24) is 10.3 Å². The van der Waals surface area contributed by atoms with E-state index in [1.165, 1.54) is 0 Å². The maximum Gasteiger partial charge on any atom is 0.297 e. The number of piperidine rings is 1. The number of nitrogens with zero attached hydrogens (tertiary/aromatic N) is 2. The Balaban J connectivity index is 1.87. The van der Waals surface area contributed by atoms with Crippen LogP contribution in [0.1, 0.15) is 39.3 Å². The fraction of sp³-hybridized carbons (Fsp3) is 0.786. The third-order valence-electron chi connectivity index (χ3n) is 3.39. The molecule has 1 aromatic heterocycles. The number of hydrogen-bond acceptors (Lipinski definition) is 5. The molecule has 0 atom stereocenters. The van der Waals surface area contributed by atoms with Crippen LogP contribution in [0.2, 0.25) is 0 Å². The van der Waals surface area contributed by atoms with Crippen LogP contribution in [0, 0.1) is 0 Å². The van der Waals surface area contributed by atoms with Crippen LogP contribution in [-0.2, 0) is 11.3 Å². The molecule has 0 unspecified atom stereocenters. The highest BCUT2D eigenvalue weighted by Gasteiger charge is 2.22. The van der Waals surface area contributed by atoms with Crippen LogP contribution >= 0.6 is 0 Å². The summed E-state index contributed by atoms with van der Waals surface area (Å²) < 4.78 is 10.9. The molecule has 1 aliphatic rings. The molecule has 0 bridgehead atoms. The standard InChI is InChI=1S/C14H25N3O2/c1-14(2,3)15-9-11-10-19-13(16-11)17-7-5-12(18-4)6-8-17/h10,12,15H,5-9H2,1-4H3. The second-order valence-electron chi connectivity index (χ2n) is 6.15. The predicted molar refractivity (Wildman–Crippen MR) is 75.3 cm³/mol. The molecule has 2 heterocycles. The van der Waals surface area contributed by atoms with Gasteiger partial charge >= 0.3 is 0 Å². The number of aromatic nitrogens is 1. The molecule has 0 amide bonds. The molecule has 5 heteroatoms. The summed E-state index contributed by atoms with van der Waals surface area (Å²) in [6, 6.07) is 0.736. The third kappa shape index (κ3) is 4.21. The number of nitrogens with one attached hydrogen (secondary N) is 1. The second-order valence-corrected chi connectivity index (χ2v) is 6.15. The van der Waals surface area contributed by atoms with Gasteiger partial charge in [-0.1, -0.05) is 0 Å². The lowest BCUT2D eigenvalue weighted by atomic mass is 10.1. The van der Waals surface area contributed by atoms with Crippen LogP contribution < -0.4 is 10.2 Å². The average Bonchev–Trinajstić information content (AvgIpc) is 2.84. The van der Waals surface area contributed by atoms with Crippen molar-refractivity contribution in [1.29, 1.82) is 0 Å². The first-order valence-electron chi connectivity index (χ1n) is 6.95. The van der Waals surface area contributed by atoms with Crippen molar-refractivity contribution >= 4 is 6.01 Å². The third-order valence-corrected chi connectivity index (χ3v) is 3.39. The molecule has 2 rings (SSSR count). The minimum absolute atomic E-state index is 0.0932. The fourth-order valence-corrected chi connectivity index (χ4v) is 2.16. The number of ether oxygens (including phenoxy) is 1. The molecule has 5 nitrogen and oxygen atoms in total. The van der Waals surface area contributed by atoms with Crippen LogP contribution in [0.25, 0.3) is 0 Å². The van der Waals surface area contributed by atoms with Crippen molar-refractivity contribution in [3.05, 3.63) is 12.0 Å². The Morgan fingerprint density at radius 2 is 2.11 bits per heavy atom. The highest BCUT2D eigenvalue weighted by atomic mass is 16.5. The number of hydrogen-bond donors (Lipinski definition) is 1. The highest BCUT2D eigenvalue weighted by molar-refractivity contribution is 5.27. The largest absolute Gasteiger partial charge is 0.432 e. The highest BCUT2D eigenvalue weighted by Crippen LogP contribution is 2.20. The number of anilines is 1. The lowest BCUT2D eigenvalue weighted by Gasteiger charge is -2.29. The lowest BCUT2D eigenvalue weighted by molar-refractivity contribution is 0.0811. The van der Waals surface area contributed by atoms with E-state index in [2.05, 4.69) is 36.0 Å². The number of methoxy groups -OCH3 is 1. The molecule has 0 aliphatic carbocycles. The Labute approximate surface area is 115 Å². The van der Waals surface area contributed by atoms with E-state index in [0.29, 0.717) is 6.10 Å². The first-order valence-corrected chi connectivity index (χ1v) is 6.95. The van der Waals surface area contributed by atoms with Crippen LogP contribution in [0.4, 0.5) is 6.01 Å². The SMILES string of the molecule is COC1CCN(c2nc(CNC(C)(C)C)co2)CC1. The second kappa shape index (κ2) is 5.92. The minimum atomic E-state index is 0.0932. The Hall–Kier alpha value is -1.07. The summed E-state index contributed by atoms with van der Waals surface area (Å²) >= 11 is 0. The summed E-state index contributed by atoms with van der Waals surface area (Å²) in [5.41, 5.74) is 1.05. The molecular formula is C14H25N3O2. The van der Waals surface area contributed by atoms with Crippen LogP contribution in [-0.4, -0.2) is 36.8 Å². The van der Waals surface area contributed by atoms with E-state index in [9.17, 15) is 0 Å². The first kappa shape index (κ1) is 14.3. The minimum Gasteiger partial charge on any atom is -0.432 e. The molecular weight excluding hydrogens is 242 g/mol. The van der Waals surface area contributed by atoms with Crippen molar-refractivity contribution < 1.29 is 9.15 Å². The van der Waals surface area contributed by atoms with Gasteiger partial charge in [-0.25, -0.2) is 0 Å². The van der Waals surface area contributed by atoms with Gasteiger partial charge in [0.15, 0.2) is 0 Å². The van der Waals surface area contributed by atoms with Crippen molar-refractivity contribution in [3.8, 4) is 0 Å². The zero-order valence-electron chi connectivity index (χ0n) is 12.4. The first-order chi connectivity index (χ1) is 8.98. The van der Waals surface area contributed by atoms with E-state index < -0.39 is 0 Å². The monoisotopic (exact) mass is 267 g/mol. The molecule has 1 aliphatic heterocycles. The summed E-state index contributed by atoms with van der Waals surface area (Å²) in [7, 11) is 1.78. The molecule has 0 radical (unpaired) electrons. The molecule has 108 valence electrons. The van der Waals surface area contributed by atoms with Crippen LogP contribution in [0.3, 0.4) is 0 Å². The van der Waals surface area contributed by atoms with Gasteiger partial charge in [-0.3, -0.25) is 0 Å². The van der Waals surface area contributed by atoms with Crippen molar-refractivity contribution in [2.24, 2.45) is 0 Å². The Bertz CT molecular complexity index is 390. The van der Waals surface area contributed by atoms with Gasteiger partial charge in [0.1, 0.15) is 6.26 Å². The summed E-state index contributed by atoms with van der Waals surface area (Å²) in [6.45, 7) is 9.06. The van der Waals surface area contributed by atoms with E-state index in [0.717, 1.165) is 44.2 Å². The van der Waals surface area contributed by atoms with E-state index in [1.807, 2.05) is 0 Å². The lowest BCUT2D eigenvalue weighted by Crippen LogP contribution is -2.37. The van der Waals surface area contributed by atoms with Gasteiger partial charge in [0.25, 0.3) is 6.01 Å². The molecule has 1 aromatic rings. The Morgan fingerprint density at radius 3 is 2.68 bits per heavy atom. The van der Waals surface area contributed by atoms with Gasteiger partial charge in [0.2, 0.25) is 0 Å². The van der Waals surface area contributed by atoms with Gasteiger partial charge in [0, 0.05) is 32.3 Å². The zero-order chi connectivity index (χ0) is 13.9. The summed E-state index contributed by atoms with van der Waals surface area (Å²) in [5.74, 6) is 0. The van der Waals surface area contributed by atoms with Crippen molar-refractivity contribution in [2.75, 3.05) is 25.1 Å². The van der Waals surface area contributed by atoms with Crippen LogP contribution in [0.5, 0.6) is 0 Å². The van der Waals surface area contributed by atoms with E-state index >= 15 is 0 Å². The Kier molecular flexibility index (Phi) is 4.47. The van der Waals surface area contributed by atoms with Gasteiger partial charge in [-0.2, -0.15) is 4.98 Å². The number of rotatable bonds is 4. The predicted octanol–water partition coefficient (Wildman–Crippen LogP) is 2.18. The molecule has 0 spiro atoms. The zero-order valence-corrected chi connectivity index (χ0v) is 12.4. The smallest absolute Gasteiger partial charge is 0.297 e. The normalized spacial score (nSPS) is 18.0. The molecule has 1 fully saturated rings. The van der Waals surface area contributed by atoms with Crippen molar-refractivity contribution in [2.45, 2.75) is 51.8 Å². The molecule has 1 N–H and O–H groups in total. The summed E-state index contributed by atoms with van der Waals surface area (Å²) in [4.78, 5) is 6.73. The average molecular weight is 267 g/mol. The van der Waals surface area contributed by atoms with Gasteiger partial charge < -0.3 is 19.4 Å². The van der Waals surface area contributed by atoms with E-state index in [4.69, 9.17) is 9.15 Å². The van der Waals surface area contributed by atoms with Gasteiger partial charge in [0.05, 0.1) is 11.8 Å².